The molecule has 2 N–H and O–H groups in total. The Balaban J connectivity index is 1.20. The lowest BCUT2D eigenvalue weighted by Crippen LogP contribution is -2.39. The van der Waals surface area contributed by atoms with Crippen LogP contribution in [0.25, 0.3) is 11.0 Å². The summed E-state index contributed by atoms with van der Waals surface area (Å²) in [6.45, 7) is 2.05. The standard InChI is InChI=1S/C33H30N4O5S/c1-21-29(20-43-30-8-4-5-17-37(30)40)41-33(42-31(21)23-11-9-22(19-38)10-12-23)24-13-15-25(16-14-24)35-32(39)28-18-34-26-6-2-3-7-27(26)36-28/h2-18,21,29,31,33,38H,19-20H2,1H3,(H,35,39)/t21-,29+,31+,33+/m0/s1. The summed E-state index contributed by atoms with van der Waals surface area (Å²) >= 11 is 1.44. The molecule has 43 heavy (non-hydrogen) atoms. The summed E-state index contributed by atoms with van der Waals surface area (Å²) in [5.74, 6) is 0.179. The molecular formula is C33H30N4O5S. The third kappa shape index (κ3) is 6.52. The van der Waals surface area contributed by atoms with Crippen LogP contribution in [0, 0.1) is 11.1 Å². The van der Waals surface area contributed by atoms with Crippen molar-refractivity contribution in [2.45, 2.75) is 37.1 Å². The number of aliphatic hydroxyl groups excluding tert-OH is 1. The lowest BCUT2D eigenvalue weighted by atomic mass is 9.91. The number of carbonyl (C=O) groups excluding carboxylic acids is 1. The molecule has 1 fully saturated rings. The van der Waals surface area contributed by atoms with Crippen molar-refractivity contribution in [3.05, 3.63) is 131 Å². The van der Waals surface area contributed by atoms with Gasteiger partial charge in [0.1, 0.15) is 5.69 Å². The number of nitrogens with zero attached hydrogens (tertiary/aromatic N) is 3. The number of pyridine rings is 1. The van der Waals surface area contributed by atoms with E-state index < -0.39 is 6.29 Å². The first kappa shape index (κ1) is 28.8. The highest BCUT2D eigenvalue weighted by Crippen LogP contribution is 2.43. The van der Waals surface area contributed by atoms with Gasteiger partial charge in [0.2, 0.25) is 0 Å². The Kier molecular flexibility index (Phi) is 8.62. The lowest BCUT2D eigenvalue weighted by molar-refractivity contribution is -0.645. The SMILES string of the molecule is C[C@H]1[C@@H](CSc2cccc[n+]2[O-])O[C@@H](c2ccc(NC(=O)c3cnc4ccccc4n3)cc2)O[C@H]1c1ccc(CO)cc1. The first-order chi connectivity index (χ1) is 21.0. The number of fused-ring (bicyclic) bond motifs is 1. The highest BCUT2D eigenvalue weighted by atomic mass is 32.2. The molecule has 5 aromatic rings. The van der Waals surface area contributed by atoms with Crippen molar-refractivity contribution in [1.82, 2.24) is 9.97 Å². The Hall–Kier alpha value is -4.35. The maximum atomic E-state index is 12.9. The summed E-state index contributed by atoms with van der Waals surface area (Å²) in [7, 11) is 0. The normalized spacial score (nSPS) is 20.1. The number of nitrogens with one attached hydrogen (secondary N) is 1. The number of aromatic nitrogens is 3. The molecule has 1 aliphatic rings. The Labute approximate surface area is 253 Å². The molecule has 0 radical (unpaired) electrons. The van der Waals surface area contributed by atoms with Crippen molar-refractivity contribution in [2.24, 2.45) is 5.92 Å². The number of aliphatic hydroxyl groups is 1. The van der Waals surface area contributed by atoms with E-state index in [-0.39, 0.29) is 36.3 Å². The van der Waals surface area contributed by atoms with Gasteiger partial charge in [0.05, 0.1) is 36.0 Å². The number of hydrogen-bond acceptors (Lipinski definition) is 8. The second-order valence-electron chi connectivity index (χ2n) is 10.3. The zero-order valence-electron chi connectivity index (χ0n) is 23.4. The van der Waals surface area contributed by atoms with E-state index in [1.54, 1.807) is 24.3 Å². The number of rotatable bonds is 8. The van der Waals surface area contributed by atoms with E-state index in [1.807, 2.05) is 66.7 Å². The van der Waals surface area contributed by atoms with Crippen LogP contribution in [0.4, 0.5) is 5.69 Å². The highest BCUT2D eigenvalue weighted by molar-refractivity contribution is 7.99. The average Bonchev–Trinajstić information content (AvgIpc) is 3.05. The monoisotopic (exact) mass is 594 g/mol. The van der Waals surface area contributed by atoms with Gasteiger partial charge in [-0.15, -0.1) is 0 Å². The minimum atomic E-state index is -0.671. The predicted molar refractivity (Wildman–Crippen MR) is 163 cm³/mol. The first-order valence-electron chi connectivity index (χ1n) is 13.9. The third-order valence-corrected chi connectivity index (χ3v) is 8.54. The lowest BCUT2D eigenvalue weighted by Gasteiger charge is -2.41. The quantitative estimate of drug-likeness (QED) is 0.136. The smallest absolute Gasteiger partial charge is 0.275 e. The first-order valence-corrected chi connectivity index (χ1v) is 14.9. The van der Waals surface area contributed by atoms with Crippen LogP contribution in [0.15, 0.2) is 108 Å². The van der Waals surface area contributed by atoms with Gasteiger partial charge in [0.25, 0.3) is 10.9 Å². The summed E-state index contributed by atoms with van der Waals surface area (Å²) in [6.07, 6.45) is 1.77. The van der Waals surface area contributed by atoms with Crippen LogP contribution in [0.1, 0.15) is 46.5 Å². The van der Waals surface area contributed by atoms with Crippen molar-refractivity contribution >= 4 is 34.4 Å². The van der Waals surface area contributed by atoms with Crippen LogP contribution in [0.2, 0.25) is 0 Å². The number of carbonyl (C=O) groups is 1. The Morgan fingerprint density at radius 3 is 2.42 bits per heavy atom. The van der Waals surface area contributed by atoms with Gasteiger partial charge in [-0.3, -0.25) is 9.78 Å². The highest BCUT2D eigenvalue weighted by Gasteiger charge is 2.38. The van der Waals surface area contributed by atoms with Crippen molar-refractivity contribution < 1.29 is 24.1 Å². The Morgan fingerprint density at radius 1 is 0.953 bits per heavy atom. The summed E-state index contributed by atoms with van der Waals surface area (Å²) in [5.41, 5.74) is 4.79. The molecule has 4 atom stereocenters. The van der Waals surface area contributed by atoms with Crippen LogP contribution in [-0.2, 0) is 16.1 Å². The predicted octanol–water partition coefficient (Wildman–Crippen LogP) is 5.59. The van der Waals surface area contributed by atoms with Gasteiger partial charge < -0.3 is 25.1 Å². The molecule has 3 aromatic carbocycles. The molecular weight excluding hydrogens is 564 g/mol. The minimum absolute atomic E-state index is 0.0193. The topological polar surface area (TPSA) is 121 Å². The van der Waals surface area contributed by atoms with Crippen LogP contribution >= 0.6 is 11.8 Å². The molecule has 0 aliphatic carbocycles. The molecule has 1 aliphatic heterocycles. The average molecular weight is 595 g/mol. The molecule has 0 saturated carbocycles. The fraction of sp³-hybridized carbons (Fsp3) is 0.212. The van der Waals surface area contributed by atoms with E-state index in [4.69, 9.17) is 9.47 Å². The number of benzene rings is 3. The fourth-order valence-electron chi connectivity index (χ4n) is 4.99. The van der Waals surface area contributed by atoms with Crippen LogP contribution in [-0.4, -0.2) is 32.8 Å². The zero-order chi connectivity index (χ0) is 29.8. The summed E-state index contributed by atoms with van der Waals surface area (Å²) in [5, 5.41) is 25.2. The summed E-state index contributed by atoms with van der Waals surface area (Å²) < 4.78 is 13.8. The van der Waals surface area contributed by atoms with Crippen molar-refractivity contribution in [3.8, 4) is 0 Å². The number of thioether (sulfide) groups is 1. The molecule has 1 amide bonds. The van der Waals surface area contributed by atoms with Gasteiger partial charge >= 0.3 is 0 Å². The van der Waals surface area contributed by atoms with Gasteiger partial charge in [0.15, 0.2) is 12.5 Å². The Morgan fingerprint density at radius 2 is 1.67 bits per heavy atom. The molecule has 0 bridgehead atoms. The van der Waals surface area contributed by atoms with Crippen molar-refractivity contribution in [1.29, 1.82) is 0 Å². The van der Waals surface area contributed by atoms with Gasteiger partial charge in [-0.05, 0) is 41.5 Å². The number of hydrogen-bond donors (Lipinski definition) is 2. The van der Waals surface area contributed by atoms with E-state index >= 15 is 0 Å². The maximum absolute atomic E-state index is 12.9. The van der Waals surface area contributed by atoms with Crippen molar-refractivity contribution in [3.63, 3.8) is 0 Å². The summed E-state index contributed by atoms with van der Waals surface area (Å²) in [6, 6.07) is 27.8. The summed E-state index contributed by atoms with van der Waals surface area (Å²) in [4.78, 5) is 21.6. The molecule has 2 aromatic heterocycles. The zero-order valence-corrected chi connectivity index (χ0v) is 24.2. The number of para-hydroxylation sites is 2. The molecule has 6 rings (SSSR count). The second kappa shape index (κ2) is 12.9. The fourth-order valence-corrected chi connectivity index (χ4v) is 6.07. The van der Waals surface area contributed by atoms with E-state index in [9.17, 15) is 15.1 Å². The second-order valence-corrected chi connectivity index (χ2v) is 11.4. The van der Waals surface area contributed by atoms with E-state index in [2.05, 4.69) is 22.2 Å². The van der Waals surface area contributed by atoms with E-state index in [1.165, 1.54) is 24.2 Å². The maximum Gasteiger partial charge on any atom is 0.275 e. The Bertz CT molecular complexity index is 1720. The van der Waals surface area contributed by atoms with E-state index in [0.717, 1.165) is 26.9 Å². The third-order valence-electron chi connectivity index (χ3n) is 7.43. The minimum Gasteiger partial charge on any atom is -0.618 e. The van der Waals surface area contributed by atoms with Crippen molar-refractivity contribution in [2.75, 3.05) is 11.1 Å². The molecule has 10 heteroatoms. The molecule has 218 valence electrons. The number of anilines is 1. The van der Waals surface area contributed by atoms with Crippen LogP contribution in [0.3, 0.4) is 0 Å². The van der Waals surface area contributed by atoms with Gasteiger partial charge in [0, 0.05) is 35.1 Å². The largest absolute Gasteiger partial charge is 0.618 e. The molecule has 3 heterocycles. The van der Waals surface area contributed by atoms with Gasteiger partial charge in [-0.1, -0.05) is 67.2 Å². The number of ether oxygens (including phenoxy) is 2. The molecule has 0 spiro atoms. The van der Waals surface area contributed by atoms with Gasteiger partial charge in [-0.2, -0.15) is 4.73 Å². The van der Waals surface area contributed by atoms with Crippen LogP contribution in [0.5, 0.6) is 0 Å². The number of amides is 1. The van der Waals surface area contributed by atoms with Gasteiger partial charge in [-0.25, -0.2) is 4.98 Å². The molecule has 9 nitrogen and oxygen atoms in total. The van der Waals surface area contributed by atoms with Crippen LogP contribution < -0.4 is 10.0 Å². The molecule has 0 unspecified atom stereocenters. The molecule has 1 saturated heterocycles. The van der Waals surface area contributed by atoms with E-state index in [0.29, 0.717) is 22.0 Å².